The molecule has 2 heterocycles. The lowest BCUT2D eigenvalue weighted by Crippen LogP contribution is -2.25. The summed E-state index contributed by atoms with van der Waals surface area (Å²) in [6, 6.07) is 14.8. The van der Waals surface area contributed by atoms with Crippen molar-refractivity contribution < 1.29 is 13.6 Å². The molecule has 0 spiro atoms. The number of pyridine rings is 1. The van der Waals surface area contributed by atoms with Gasteiger partial charge in [-0.25, -0.2) is 8.78 Å². The number of carbonyl (C=O) groups is 1. The van der Waals surface area contributed by atoms with Gasteiger partial charge in [-0.3, -0.25) is 9.78 Å². The van der Waals surface area contributed by atoms with E-state index >= 15 is 0 Å². The Morgan fingerprint density at radius 3 is 2.72 bits per heavy atom. The summed E-state index contributed by atoms with van der Waals surface area (Å²) < 4.78 is 28.0. The molecule has 2 N–H and O–H groups in total. The van der Waals surface area contributed by atoms with Crippen LogP contribution in [-0.4, -0.2) is 15.9 Å². The molecule has 0 radical (unpaired) electrons. The van der Waals surface area contributed by atoms with Crippen molar-refractivity contribution in [3.8, 4) is 0 Å². The number of halogens is 2. The van der Waals surface area contributed by atoms with E-state index < -0.39 is 17.6 Å². The second kappa shape index (κ2) is 8.22. The third kappa shape index (κ3) is 4.16. The number of carbonyl (C=O) groups excluding carboxylic acids is 1. The van der Waals surface area contributed by atoms with E-state index in [1.165, 1.54) is 12.1 Å². The van der Waals surface area contributed by atoms with Gasteiger partial charge in [0.15, 0.2) is 0 Å². The summed E-state index contributed by atoms with van der Waals surface area (Å²) in [5, 5.41) is 3.76. The normalized spacial score (nSPS) is 12.1. The van der Waals surface area contributed by atoms with Crippen molar-refractivity contribution in [1.82, 2.24) is 15.3 Å². The number of aromatic nitrogens is 2. The molecule has 4 rings (SSSR count). The molecule has 6 heteroatoms. The van der Waals surface area contributed by atoms with E-state index in [-0.39, 0.29) is 17.9 Å². The number of nitrogens with zero attached hydrogens (tertiary/aromatic N) is 1. The van der Waals surface area contributed by atoms with Gasteiger partial charge in [0, 0.05) is 54.4 Å². The number of nitrogens with one attached hydrogen (secondary N) is 2. The van der Waals surface area contributed by atoms with E-state index in [0.717, 1.165) is 28.1 Å². The number of hydrogen-bond donors (Lipinski definition) is 2. The Balaban J connectivity index is 1.64. The standard InChI is InChI=1S/C23H19F2N3O/c24-16-7-8-17(21(25)10-16)19(20-14-27-22-6-2-1-5-18(20)22)11-23(29)28-13-15-4-3-9-26-12-15/h1-10,12,14,19,27H,11,13H2,(H,28,29). The van der Waals surface area contributed by atoms with Gasteiger partial charge in [0.25, 0.3) is 0 Å². The molecule has 0 aliphatic carbocycles. The second-order valence-electron chi connectivity index (χ2n) is 6.85. The number of fused-ring (bicyclic) bond motifs is 1. The molecular formula is C23H19F2N3O. The second-order valence-corrected chi connectivity index (χ2v) is 6.85. The van der Waals surface area contributed by atoms with Crippen LogP contribution in [0.5, 0.6) is 0 Å². The van der Waals surface area contributed by atoms with E-state index in [9.17, 15) is 13.6 Å². The summed E-state index contributed by atoms with van der Waals surface area (Å²) >= 11 is 0. The van der Waals surface area contributed by atoms with Crippen LogP contribution in [0.4, 0.5) is 8.78 Å². The van der Waals surface area contributed by atoms with Gasteiger partial charge in [-0.1, -0.05) is 30.3 Å². The van der Waals surface area contributed by atoms with Crippen molar-refractivity contribution in [3.63, 3.8) is 0 Å². The molecule has 1 unspecified atom stereocenters. The van der Waals surface area contributed by atoms with E-state index in [4.69, 9.17) is 0 Å². The van der Waals surface area contributed by atoms with Crippen molar-refractivity contribution in [2.45, 2.75) is 18.9 Å². The third-order valence-electron chi connectivity index (χ3n) is 4.94. The average molecular weight is 391 g/mol. The minimum atomic E-state index is -0.666. The zero-order valence-electron chi connectivity index (χ0n) is 15.5. The van der Waals surface area contributed by atoms with Gasteiger partial charge in [0.1, 0.15) is 11.6 Å². The molecule has 1 amide bonds. The highest BCUT2D eigenvalue weighted by molar-refractivity contribution is 5.86. The largest absolute Gasteiger partial charge is 0.361 e. The maximum absolute atomic E-state index is 14.6. The number of benzene rings is 2. The van der Waals surface area contributed by atoms with E-state index in [2.05, 4.69) is 15.3 Å². The number of aromatic amines is 1. The van der Waals surface area contributed by atoms with Gasteiger partial charge in [-0.15, -0.1) is 0 Å². The van der Waals surface area contributed by atoms with Crippen molar-refractivity contribution in [1.29, 1.82) is 0 Å². The molecule has 0 saturated carbocycles. The fourth-order valence-corrected chi connectivity index (χ4v) is 3.51. The molecule has 0 bridgehead atoms. The Morgan fingerprint density at radius 1 is 1.07 bits per heavy atom. The first kappa shape index (κ1) is 18.8. The van der Waals surface area contributed by atoms with Crippen LogP contribution in [0.3, 0.4) is 0 Å². The van der Waals surface area contributed by atoms with Crippen LogP contribution in [0.2, 0.25) is 0 Å². The van der Waals surface area contributed by atoms with Crippen LogP contribution in [0.1, 0.15) is 29.0 Å². The van der Waals surface area contributed by atoms with Crippen molar-refractivity contribution in [2.24, 2.45) is 0 Å². The van der Waals surface area contributed by atoms with Gasteiger partial charge >= 0.3 is 0 Å². The molecular weight excluding hydrogens is 372 g/mol. The van der Waals surface area contributed by atoms with Crippen LogP contribution < -0.4 is 5.32 Å². The number of amides is 1. The maximum atomic E-state index is 14.6. The minimum Gasteiger partial charge on any atom is -0.361 e. The van der Waals surface area contributed by atoms with Crippen molar-refractivity contribution in [2.75, 3.05) is 0 Å². The van der Waals surface area contributed by atoms with Crippen LogP contribution in [0.25, 0.3) is 10.9 Å². The number of H-pyrrole nitrogens is 1. The summed E-state index contributed by atoms with van der Waals surface area (Å²) in [7, 11) is 0. The lowest BCUT2D eigenvalue weighted by molar-refractivity contribution is -0.121. The number of para-hydroxylation sites is 1. The summed E-state index contributed by atoms with van der Waals surface area (Å²) in [6.45, 7) is 0.333. The van der Waals surface area contributed by atoms with E-state index in [1.54, 1.807) is 24.7 Å². The Morgan fingerprint density at radius 2 is 1.93 bits per heavy atom. The average Bonchev–Trinajstić information content (AvgIpc) is 3.16. The van der Waals surface area contributed by atoms with Crippen LogP contribution in [0, 0.1) is 11.6 Å². The highest BCUT2D eigenvalue weighted by atomic mass is 19.1. The van der Waals surface area contributed by atoms with Crippen LogP contribution >= 0.6 is 0 Å². The molecule has 29 heavy (non-hydrogen) atoms. The number of rotatable bonds is 6. The Labute approximate surface area is 166 Å². The molecule has 4 nitrogen and oxygen atoms in total. The zero-order chi connectivity index (χ0) is 20.2. The first-order chi connectivity index (χ1) is 14.1. The fraction of sp³-hybridized carbons (Fsp3) is 0.130. The Bertz CT molecular complexity index is 1140. The van der Waals surface area contributed by atoms with Gasteiger partial charge < -0.3 is 10.3 Å². The molecule has 4 aromatic rings. The fourth-order valence-electron chi connectivity index (χ4n) is 3.51. The highest BCUT2D eigenvalue weighted by Gasteiger charge is 2.24. The molecule has 0 fully saturated rings. The van der Waals surface area contributed by atoms with E-state index in [0.29, 0.717) is 6.54 Å². The van der Waals surface area contributed by atoms with Crippen LogP contribution in [0.15, 0.2) is 73.2 Å². The minimum absolute atomic E-state index is 0.0324. The molecule has 0 aliphatic rings. The van der Waals surface area contributed by atoms with E-state index in [1.807, 2.05) is 30.3 Å². The zero-order valence-corrected chi connectivity index (χ0v) is 15.5. The predicted octanol–water partition coefficient (Wildman–Crippen LogP) is 4.68. The lowest BCUT2D eigenvalue weighted by Gasteiger charge is -2.18. The molecule has 0 saturated heterocycles. The molecule has 2 aromatic carbocycles. The monoisotopic (exact) mass is 391 g/mol. The molecule has 0 aliphatic heterocycles. The first-order valence-electron chi connectivity index (χ1n) is 9.28. The Hall–Kier alpha value is -3.54. The molecule has 2 aromatic heterocycles. The lowest BCUT2D eigenvalue weighted by atomic mass is 9.87. The maximum Gasteiger partial charge on any atom is 0.221 e. The summed E-state index contributed by atoms with van der Waals surface area (Å²) in [5.41, 5.74) is 2.85. The topological polar surface area (TPSA) is 57.8 Å². The Kier molecular flexibility index (Phi) is 5.33. The molecule has 1 atom stereocenters. The summed E-state index contributed by atoms with van der Waals surface area (Å²) in [5.74, 6) is -2.10. The first-order valence-corrected chi connectivity index (χ1v) is 9.28. The smallest absolute Gasteiger partial charge is 0.221 e. The van der Waals surface area contributed by atoms with Crippen molar-refractivity contribution in [3.05, 3.63) is 102 Å². The summed E-state index contributed by atoms with van der Waals surface area (Å²) in [4.78, 5) is 19.9. The quantitative estimate of drug-likeness (QED) is 0.501. The van der Waals surface area contributed by atoms with Gasteiger partial charge in [0.05, 0.1) is 0 Å². The van der Waals surface area contributed by atoms with Gasteiger partial charge in [-0.2, -0.15) is 0 Å². The van der Waals surface area contributed by atoms with Crippen LogP contribution in [-0.2, 0) is 11.3 Å². The third-order valence-corrected chi connectivity index (χ3v) is 4.94. The highest BCUT2D eigenvalue weighted by Crippen LogP contribution is 2.34. The van der Waals surface area contributed by atoms with Crippen molar-refractivity contribution >= 4 is 16.8 Å². The predicted molar refractivity (Wildman–Crippen MR) is 107 cm³/mol. The summed E-state index contributed by atoms with van der Waals surface area (Å²) in [6.07, 6.45) is 5.16. The SMILES string of the molecule is O=C(CC(c1ccc(F)cc1F)c1c[nH]c2ccccc12)NCc1cccnc1. The number of hydrogen-bond acceptors (Lipinski definition) is 2. The molecule has 146 valence electrons. The van der Waals surface area contributed by atoms with Gasteiger partial charge in [-0.05, 0) is 34.9 Å². The van der Waals surface area contributed by atoms with Gasteiger partial charge in [0.2, 0.25) is 5.91 Å².